The van der Waals surface area contributed by atoms with Gasteiger partial charge in [-0.1, -0.05) is 6.07 Å². The molecule has 0 bridgehead atoms. The summed E-state index contributed by atoms with van der Waals surface area (Å²) in [6, 6.07) is 9.23. The van der Waals surface area contributed by atoms with Crippen LogP contribution in [-0.4, -0.2) is 32.6 Å². The van der Waals surface area contributed by atoms with Crippen molar-refractivity contribution < 1.29 is 19.1 Å². The lowest BCUT2D eigenvalue weighted by molar-refractivity contribution is -0.126. The first kappa shape index (κ1) is 17.3. The van der Waals surface area contributed by atoms with Crippen LogP contribution >= 0.6 is 11.3 Å². The van der Waals surface area contributed by atoms with Crippen LogP contribution < -0.4 is 19.7 Å². The van der Waals surface area contributed by atoms with Crippen molar-refractivity contribution in [1.82, 2.24) is 5.32 Å². The highest BCUT2D eigenvalue weighted by atomic mass is 32.1. The Labute approximate surface area is 150 Å². The van der Waals surface area contributed by atoms with E-state index in [1.165, 1.54) is 0 Å². The minimum atomic E-state index is -0.347. The molecule has 0 spiro atoms. The molecule has 0 aliphatic carbocycles. The predicted molar refractivity (Wildman–Crippen MR) is 96.2 cm³/mol. The molecule has 0 radical (unpaired) electrons. The topological polar surface area (TPSA) is 67.9 Å². The third-order valence-electron chi connectivity index (χ3n) is 4.19. The number of anilines is 1. The van der Waals surface area contributed by atoms with Gasteiger partial charge in [-0.15, -0.1) is 11.3 Å². The van der Waals surface area contributed by atoms with E-state index in [0.717, 1.165) is 4.88 Å². The van der Waals surface area contributed by atoms with Gasteiger partial charge in [-0.3, -0.25) is 9.59 Å². The number of nitrogens with zero attached hydrogens (tertiary/aromatic N) is 1. The normalized spacial score (nSPS) is 16.8. The van der Waals surface area contributed by atoms with Crippen LogP contribution in [0.5, 0.6) is 11.5 Å². The molecule has 2 aromatic rings. The van der Waals surface area contributed by atoms with E-state index in [1.54, 1.807) is 48.7 Å². The first-order chi connectivity index (χ1) is 12.1. The van der Waals surface area contributed by atoms with Gasteiger partial charge < -0.3 is 19.7 Å². The molecule has 0 saturated carbocycles. The van der Waals surface area contributed by atoms with Crippen molar-refractivity contribution >= 4 is 28.8 Å². The van der Waals surface area contributed by atoms with Gasteiger partial charge in [0.1, 0.15) is 0 Å². The van der Waals surface area contributed by atoms with E-state index in [-0.39, 0.29) is 24.2 Å². The maximum Gasteiger partial charge on any atom is 0.227 e. The van der Waals surface area contributed by atoms with Crippen molar-refractivity contribution in [2.24, 2.45) is 5.92 Å². The van der Waals surface area contributed by atoms with Crippen molar-refractivity contribution in [3.05, 3.63) is 40.6 Å². The molecular weight excluding hydrogens is 340 g/mol. The lowest BCUT2D eigenvalue weighted by Crippen LogP contribution is -2.32. The van der Waals surface area contributed by atoms with E-state index in [2.05, 4.69) is 5.32 Å². The lowest BCUT2D eigenvalue weighted by Gasteiger charge is -2.18. The van der Waals surface area contributed by atoms with E-state index < -0.39 is 0 Å². The molecule has 25 heavy (non-hydrogen) atoms. The van der Waals surface area contributed by atoms with Crippen molar-refractivity contribution in [3.63, 3.8) is 0 Å². The first-order valence-corrected chi connectivity index (χ1v) is 8.83. The molecule has 6 nitrogen and oxygen atoms in total. The van der Waals surface area contributed by atoms with Gasteiger partial charge in [0.05, 0.1) is 26.7 Å². The van der Waals surface area contributed by atoms with E-state index in [4.69, 9.17) is 9.47 Å². The average molecular weight is 360 g/mol. The van der Waals surface area contributed by atoms with Gasteiger partial charge in [0.2, 0.25) is 11.8 Å². The zero-order valence-electron chi connectivity index (χ0n) is 14.2. The van der Waals surface area contributed by atoms with Gasteiger partial charge in [-0.25, -0.2) is 0 Å². The first-order valence-electron chi connectivity index (χ1n) is 7.95. The molecule has 1 aromatic heterocycles. The van der Waals surface area contributed by atoms with E-state index in [0.29, 0.717) is 30.3 Å². The molecule has 1 aliphatic heterocycles. The maximum atomic E-state index is 12.4. The fraction of sp³-hybridized carbons (Fsp3) is 0.333. The van der Waals surface area contributed by atoms with Crippen LogP contribution in [0.2, 0.25) is 0 Å². The van der Waals surface area contributed by atoms with E-state index in [1.807, 2.05) is 17.5 Å². The predicted octanol–water partition coefficient (Wildman–Crippen LogP) is 2.43. The quantitative estimate of drug-likeness (QED) is 0.859. The molecular formula is C18H20N2O4S. The fourth-order valence-electron chi connectivity index (χ4n) is 2.86. The van der Waals surface area contributed by atoms with Crippen molar-refractivity contribution in [1.29, 1.82) is 0 Å². The second-order valence-corrected chi connectivity index (χ2v) is 6.77. The van der Waals surface area contributed by atoms with E-state index >= 15 is 0 Å². The monoisotopic (exact) mass is 360 g/mol. The summed E-state index contributed by atoms with van der Waals surface area (Å²) >= 11 is 1.60. The molecule has 1 aliphatic rings. The molecule has 1 unspecified atom stereocenters. The van der Waals surface area contributed by atoms with E-state index in [9.17, 15) is 9.59 Å². The highest BCUT2D eigenvalue weighted by molar-refractivity contribution is 7.09. The number of amides is 2. The van der Waals surface area contributed by atoms with Gasteiger partial charge in [0.25, 0.3) is 0 Å². The summed E-state index contributed by atoms with van der Waals surface area (Å²) in [5.41, 5.74) is 0.705. The second-order valence-electron chi connectivity index (χ2n) is 5.74. The highest BCUT2D eigenvalue weighted by Crippen LogP contribution is 2.34. The summed E-state index contributed by atoms with van der Waals surface area (Å²) in [7, 11) is 3.11. The highest BCUT2D eigenvalue weighted by Gasteiger charge is 2.35. The SMILES string of the molecule is COc1ccc(N2CC(C(=O)NCc3cccs3)CC2=O)cc1OC. The summed E-state index contributed by atoms with van der Waals surface area (Å²) in [4.78, 5) is 27.4. The maximum absolute atomic E-state index is 12.4. The molecule has 132 valence electrons. The van der Waals surface area contributed by atoms with Crippen molar-refractivity contribution in [3.8, 4) is 11.5 Å². The molecule has 1 N–H and O–H groups in total. The Morgan fingerprint density at radius 2 is 2.08 bits per heavy atom. The van der Waals surface area contributed by atoms with Crippen molar-refractivity contribution in [2.75, 3.05) is 25.7 Å². The Morgan fingerprint density at radius 3 is 2.76 bits per heavy atom. The third kappa shape index (κ3) is 3.76. The largest absolute Gasteiger partial charge is 0.493 e. The van der Waals surface area contributed by atoms with Crippen LogP contribution in [0.3, 0.4) is 0 Å². The number of carbonyl (C=O) groups is 2. The Kier molecular flexibility index (Phi) is 5.23. The van der Waals surface area contributed by atoms with Gasteiger partial charge >= 0.3 is 0 Å². The van der Waals surface area contributed by atoms with Crippen LogP contribution in [0.4, 0.5) is 5.69 Å². The molecule has 2 heterocycles. The van der Waals surface area contributed by atoms with Crippen LogP contribution in [0, 0.1) is 5.92 Å². The molecule has 1 saturated heterocycles. The zero-order chi connectivity index (χ0) is 17.8. The van der Waals surface area contributed by atoms with Crippen LogP contribution in [-0.2, 0) is 16.1 Å². The Bertz CT molecular complexity index is 760. The number of rotatable bonds is 6. The van der Waals surface area contributed by atoms with Gasteiger partial charge in [0, 0.05) is 29.6 Å². The molecule has 1 aromatic carbocycles. The minimum Gasteiger partial charge on any atom is -0.493 e. The summed E-state index contributed by atoms with van der Waals surface area (Å²) in [6.45, 7) is 0.863. The lowest BCUT2D eigenvalue weighted by atomic mass is 10.1. The number of nitrogens with one attached hydrogen (secondary N) is 1. The fourth-order valence-corrected chi connectivity index (χ4v) is 3.50. The number of hydrogen-bond acceptors (Lipinski definition) is 5. The van der Waals surface area contributed by atoms with Crippen LogP contribution in [0.1, 0.15) is 11.3 Å². The second kappa shape index (κ2) is 7.57. The number of methoxy groups -OCH3 is 2. The van der Waals surface area contributed by atoms with Crippen LogP contribution in [0.25, 0.3) is 0 Å². The number of benzene rings is 1. The molecule has 7 heteroatoms. The number of carbonyl (C=O) groups excluding carboxylic acids is 2. The van der Waals surface area contributed by atoms with Crippen LogP contribution in [0.15, 0.2) is 35.7 Å². The summed E-state index contributed by atoms with van der Waals surface area (Å²) < 4.78 is 10.5. The summed E-state index contributed by atoms with van der Waals surface area (Å²) in [6.07, 6.45) is 0.213. The van der Waals surface area contributed by atoms with Gasteiger partial charge in [-0.2, -0.15) is 0 Å². The molecule has 2 amide bonds. The molecule has 1 fully saturated rings. The smallest absolute Gasteiger partial charge is 0.227 e. The molecule has 1 atom stereocenters. The Balaban J connectivity index is 1.66. The zero-order valence-corrected chi connectivity index (χ0v) is 15.0. The number of thiophene rings is 1. The Hall–Kier alpha value is -2.54. The van der Waals surface area contributed by atoms with Gasteiger partial charge in [-0.05, 0) is 23.6 Å². The van der Waals surface area contributed by atoms with Crippen molar-refractivity contribution in [2.45, 2.75) is 13.0 Å². The minimum absolute atomic E-state index is 0.0662. The molecule has 3 rings (SSSR count). The third-order valence-corrected chi connectivity index (χ3v) is 5.07. The summed E-state index contributed by atoms with van der Waals surface area (Å²) in [5.74, 6) is 0.648. The summed E-state index contributed by atoms with van der Waals surface area (Å²) in [5, 5.41) is 4.88. The standard InChI is InChI=1S/C18H20N2O4S/c1-23-15-6-5-13(9-16(15)24-2)20-11-12(8-17(20)21)18(22)19-10-14-4-3-7-25-14/h3-7,9,12H,8,10-11H2,1-2H3,(H,19,22). The van der Waals surface area contributed by atoms with Gasteiger partial charge in [0.15, 0.2) is 11.5 Å². The number of hydrogen-bond donors (Lipinski definition) is 1. The average Bonchev–Trinajstić information content (AvgIpc) is 3.28. The Morgan fingerprint density at radius 1 is 1.28 bits per heavy atom. The number of ether oxygens (including phenoxy) is 2.